The van der Waals surface area contributed by atoms with Crippen LogP contribution in [0.5, 0.6) is 0 Å². The lowest BCUT2D eigenvalue weighted by Gasteiger charge is -2.33. The monoisotopic (exact) mass is 380 g/mol. The van der Waals surface area contributed by atoms with E-state index in [1.807, 2.05) is 12.1 Å². The lowest BCUT2D eigenvalue weighted by molar-refractivity contribution is 0.198. The normalized spacial score (nSPS) is 17.6. The van der Waals surface area contributed by atoms with Gasteiger partial charge in [0.05, 0.1) is 5.69 Å². The van der Waals surface area contributed by atoms with Crippen molar-refractivity contribution in [3.63, 3.8) is 0 Å². The second-order valence-corrected chi connectivity index (χ2v) is 7.23. The molecule has 6 heteroatoms. The van der Waals surface area contributed by atoms with E-state index in [-0.39, 0.29) is 23.5 Å². The minimum atomic E-state index is -0.273. The Hall–Kier alpha value is -2.86. The van der Waals surface area contributed by atoms with E-state index in [1.54, 1.807) is 18.3 Å². The Morgan fingerprint density at radius 3 is 2.39 bits per heavy atom. The summed E-state index contributed by atoms with van der Waals surface area (Å²) in [6.45, 7) is 2.59. The highest BCUT2D eigenvalue weighted by molar-refractivity contribution is 5.66. The fraction of sp³-hybridized carbons (Fsp3) is 0.273. The zero-order valence-corrected chi connectivity index (χ0v) is 15.5. The van der Waals surface area contributed by atoms with Crippen molar-refractivity contribution in [3.8, 4) is 11.1 Å². The fourth-order valence-electron chi connectivity index (χ4n) is 3.84. The zero-order chi connectivity index (χ0) is 19.5. The van der Waals surface area contributed by atoms with Gasteiger partial charge < -0.3 is 5.73 Å². The van der Waals surface area contributed by atoms with Gasteiger partial charge in [-0.1, -0.05) is 24.3 Å². The predicted molar refractivity (Wildman–Crippen MR) is 105 cm³/mol. The van der Waals surface area contributed by atoms with Gasteiger partial charge >= 0.3 is 0 Å². The van der Waals surface area contributed by atoms with Gasteiger partial charge in [0.25, 0.3) is 0 Å². The summed E-state index contributed by atoms with van der Waals surface area (Å²) < 4.78 is 26.5. The molecule has 0 amide bonds. The lowest BCUT2D eigenvalue weighted by Crippen LogP contribution is -2.34. The number of likely N-dealkylation sites (tertiary alicyclic amines) is 1. The number of piperidine rings is 1. The van der Waals surface area contributed by atoms with Crippen LogP contribution >= 0.6 is 0 Å². The second-order valence-electron chi connectivity index (χ2n) is 7.23. The third-order valence-electron chi connectivity index (χ3n) is 5.20. The molecule has 144 valence electrons. The average Bonchev–Trinajstić information content (AvgIpc) is 2.71. The van der Waals surface area contributed by atoms with E-state index in [0.717, 1.165) is 54.9 Å². The number of rotatable bonds is 4. The van der Waals surface area contributed by atoms with E-state index in [9.17, 15) is 8.78 Å². The maximum atomic E-state index is 13.3. The maximum Gasteiger partial charge on any atom is 0.220 e. The van der Waals surface area contributed by atoms with Crippen molar-refractivity contribution in [2.45, 2.75) is 25.3 Å². The smallest absolute Gasteiger partial charge is 0.220 e. The van der Waals surface area contributed by atoms with E-state index in [1.165, 1.54) is 24.3 Å². The summed E-state index contributed by atoms with van der Waals surface area (Å²) in [5, 5.41) is 0. The van der Waals surface area contributed by atoms with Crippen molar-refractivity contribution in [2.75, 3.05) is 18.8 Å². The first-order chi connectivity index (χ1) is 13.6. The topological polar surface area (TPSA) is 55.0 Å². The highest BCUT2D eigenvalue weighted by Crippen LogP contribution is 2.33. The SMILES string of the molecule is Nc1ncc(-c2ccc(F)cc2)c([C@H]2CCCN(Cc3ccc(F)cc3)C2)n1. The molecule has 0 radical (unpaired) electrons. The van der Waals surface area contributed by atoms with Crippen LogP contribution in [0, 0.1) is 11.6 Å². The summed E-state index contributed by atoms with van der Waals surface area (Å²) in [5.74, 6) is -0.0402. The standard InChI is InChI=1S/C22H22F2N4/c23-18-7-3-15(4-8-18)13-28-11-1-2-17(14-28)21-20(12-26-22(25)27-21)16-5-9-19(24)10-6-16/h3-10,12,17H,1-2,11,13-14H2,(H2,25,26,27)/t17-/m0/s1. The van der Waals surface area contributed by atoms with E-state index >= 15 is 0 Å². The Bertz CT molecular complexity index is 942. The molecule has 1 aliphatic rings. The summed E-state index contributed by atoms with van der Waals surface area (Å²) in [6.07, 6.45) is 3.77. The molecule has 0 unspecified atom stereocenters. The summed E-state index contributed by atoms with van der Waals surface area (Å²) in [7, 11) is 0. The minimum Gasteiger partial charge on any atom is -0.368 e. The predicted octanol–water partition coefficient (Wildman–Crippen LogP) is 4.38. The van der Waals surface area contributed by atoms with E-state index in [4.69, 9.17) is 5.73 Å². The maximum absolute atomic E-state index is 13.3. The van der Waals surface area contributed by atoms with E-state index in [0.29, 0.717) is 0 Å². The molecule has 1 saturated heterocycles. The summed E-state index contributed by atoms with van der Waals surface area (Å²) in [6, 6.07) is 13.0. The molecule has 3 aromatic rings. The molecule has 1 aliphatic heterocycles. The van der Waals surface area contributed by atoms with Gasteiger partial charge in [0, 0.05) is 30.8 Å². The van der Waals surface area contributed by atoms with Crippen molar-refractivity contribution in [1.82, 2.24) is 14.9 Å². The van der Waals surface area contributed by atoms with Crippen LogP contribution in [0.3, 0.4) is 0 Å². The van der Waals surface area contributed by atoms with Crippen molar-refractivity contribution in [1.29, 1.82) is 0 Å². The molecule has 2 aromatic carbocycles. The van der Waals surface area contributed by atoms with Gasteiger partial charge in [0.1, 0.15) is 11.6 Å². The number of anilines is 1. The number of hydrogen-bond donors (Lipinski definition) is 1. The van der Waals surface area contributed by atoms with Crippen LogP contribution in [-0.4, -0.2) is 28.0 Å². The molecule has 1 fully saturated rings. The molecule has 2 heterocycles. The fourth-order valence-corrected chi connectivity index (χ4v) is 3.84. The third kappa shape index (κ3) is 4.17. The first-order valence-corrected chi connectivity index (χ1v) is 9.43. The van der Waals surface area contributed by atoms with Gasteiger partial charge in [-0.05, 0) is 54.8 Å². The highest BCUT2D eigenvalue weighted by atomic mass is 19.1. The number of nitrogen functional groups attached to an aromatic ring is 1. The summed E-state index contributed by atoms with van der Waals surface area (Å²) >= 11 is 0. The molecule has 4 rings (SSSR count). The largest absolute Gasteiger partial charge is 0.368 e. The molecular formula is C22H22F2N4. The molecule has 4 nitrogen and oxygen atoms in total. The molecule has 28 heavy (non-hydrogen) atoms. The Kier molecular flexibility index (Phi) is 5.30. The first kappa shape index (κ1) is 18.5. The van der Waals surface area contributed by atoms with Gasteiger partial charge in [0.2, 0.25) is 5.95 Å². The van der Waals surface area contributed by atoms with Crippen LogP contribution in [0.4, 0.5) is 14.7 Å². The van der Waals surface area contributed by atoms with E-state index in [2.05, 4.69) is 14.9 Å². The van der Waals surface area contributed by atoms with Gasteiger partial charge in [-0.25, -0.2) is 18.7 Å². The highest BCUT2D eigenvalue weighted by Gasteiger charge is 2.25. The third-order valence-corrected chi connectivity index (χ3v) is 5.20. The number of nitrogens with two attached hydrogens (primary N) is 1. The number of aromatic nitrogens is 2. The van der Waals surface area contributed by atoms with Gasteiger partial charge in [-0.2, -0.15) is 0 Å². The average molecular weight is 380 g/mol. The Morgan fingerprint density at radius 2 is 1.68 bits per heavy atom. The number of benzene rings is 2. The first-order valence-electron chi connectivity index (χ1n) is 9.43. The van der Waals surface area contributed by atoms with Crippen LogP contribution in [0.25, 0.3) is 11.1 Å². The second kappa shape index (κ2) is 8.02. The van der Waals surface area contributed by atoms with Crippen LogP contribution in [0.1, 0.15) is 30.0 Å². The molecule has 0 saturated carbocycles. The van der Waals surface area contributed by atoms with Gasteiger partial charge in [-0.15, -0.1) is 0 Å². The molecule has 0 spiro atoms. The number of hydrogen-bond acceptors (Lipinski definition) is 4. The molecule has 0 bridgehead atoms. The number of halogens is 2. The molecular weight excluding hydrogens is 358 g/mol. The molecule has 2 N–H and O–H groups in total. The van der Waals surface area contributed by atoms with Crippen LogP contribution in [0.15, 0.2) is 54.7 Å². The zero-order valence-electron chi connectivity index (χ0n) is 15.5. The minimum absolute atomic E-state index is 0.208. The van der Waals surface area contributed by atoms with Crippen LogP contribution in [-0.2, 0) is 6.54 Å². The van der Waals surface area contributed by atoms with Gasteiger partial charge in [-0.3, -0.25) is 4.90 Å². The Labute approximate surface area is 163 Å². The number of nitrogens with zero attached hydrogens (tertiary/aromatic N) is 3. The van der Waals surface area contributed by atoms with Gasteiger partial charge in [0.15, 0.2) is 0 Å². The quantitative estimate of drug-likeness (QED) is 0.730. The molecule has 1 atom stereocenters. The Balaban J connectivity index is 1.58. The van der Waals surface area contributed by atoms with Crippen LogP contribution in [0.2, 0.25) is 0 Å². The van der Waals surface area contributed by atoms with Crippen molar-refractivity contribution in [2.24, 2.45) is 0 Å². The Morgan fingerprint density at radius 1 is 1.00 bits per heavy atom. The summed E-state index contributed by atoms with van der Waals surface area (Å²) in [5.41, 5.74) is 9.64. The van der Waals surface area contributed by atoms with Crippen LogP contribution < -0.4 is 5.73 Å². The lowest BCUT2D eigenvalue weighted by atomic mass is 9.89. The van der Waals surface area contributed by atoms with E-state index < -0.39 is 0 Å². The summed E-state index contributed by atoms with van der Waals surface area (Å²) in [4.78, 5) is 11.1. The van der Waals surface area contributed by atoms with Crippen molar-refractivity contribution >= 4 is 5.95 Å². The van der Waals surface area contributed by atoms with Crippen molar-refractivity contribution in [3.05, 3.63) is 77.6 Å². The molecule has 1 aromatic heterocycles. The van der Waals surface area contributed by atoms with Crippen molar-refractivity contribution < 1.29 is 8.78 Å². The molecule has 0 aliphatic carbocycles.